The molecule has 1 amide bonds. The zero-order valence-corrected chi connectivity index (χ0v) is 15.6. The number of rotatable bonds is 4. The number of benzene rings is 2. The Hall–Kier alpha value is -2.48. The highest BCUT2D eigenvalue weighted by Gasteiger charge is 2.15. The monoisotopic (exact) mass is 408 g/mol. The molecule has 1 N–H and O–H groups in total. The van der Waals surface area contributed by atoms with Gasteiger partial charge in [0, 0.05) is 5.02 Å². The van der Waals surface area contributed by atoms with Crippen molar-refractivity contribution in [3.63, 3.8) is 0 Å². The third-order valence-corrected chi connectivity index (χ3v) is 4.25. The van der Waals surface area contributed by atoms with Crippen LogP contribution in [0.2, 0.25) is 15.1 Å². The number of hydrogen-bond donors (Lipinski definition) is 1. The van der Waals surface area contributed by atoms with Gasteiger partial charge in [0.25, 0.3) is 5.91 Å². The molecule has 0 aliphatic carbocycles. The maximum Gasteiger partial charge on any atom is 0.274 e. The van der Waals surface area contributed by atoms with Gasteiger partial charge in [-0.3, -0.25) is 4.79 Å². The van der Waals surface area contributed by atoms with Crippen LogP contribution < -0.4 is 5.43 Å². The van der Waals surface area contributed by atoms with Crippen molar-refractivity contribution in [2.45, 2.75) is 6.92 Å². The van der Waals surface area contributed by atoms with E-state index in [1.54, 1.807) is 6.92 Å². The van der Waals surface area contributed by atoms with Gasteiger partial charge in [0.05, 0.1) is 27.0 Å². The second kappa shape index (κ2) is 7.82. The lowest BCUT2D eigenvalue weighted by Crippen LogP contribution is -2.20. The summed E-state index contributed by atoms with van der Waals surface area (Å²) in [5.41, 5.74) is 4.67. The third-order valence-electron chi connectivity index (χ3n) is 3.44. The summed E-state index contributed by atoms with van der Waals surface area (Å²) in [6.07, 6.45) is 1.48. The molecule has 1 heterocycles. The largest absolute Gasteiger partial charge is 0.274 e. The summed E-state index contributed by atoms with van der Waals surface area (Å²) in [6, 6.07) is 10.2. The van der Waals surface area contributed by atoms with Crippen LogP contribution >= 0.6 is 34.8 Å². The molecule has 0 aliphatic rings. The number of aromatic nitrogens is 4. The smallest absolute Gasteiger partial charge is 0.267 e. The zero-order valence-electron chi connectivity index (χ0n) is 13.3. The van der Waals surface area contributed by atoms with Crippen molar-refractivity contribution < 1.29 is 4.79 Å². The van der Waals surface area contributed by atoms with E-state index in [9.17, 15) is 4.79 Å². The first kappa shape index (κ1) is 18.3. The molecule has 0 radical (unpaired) electrons. The van der Waals surface area contributed by atoms with Crippen LogP contribution in [0.25, 0.3) is 5.69 Å². The molecule has 26 heavy (non-hydrogen) atoms. The Bertz CT molecular complexity index is 964. The second-order valence-electron chi connectivity index (χ2n) is 5.19. The quantitative estimate of drug-likeness (QED) is 0.525. The van der Waals surface area contributed by atoms with E-state index in [-0.39, 0.29) is 15.6 Å². The Morgan fingerprint density at radius 2 is 1.88 bits per heavy atom. The van der Waals surface area contributed by atoms with E-state index >= 15 is 0 Å². The summed E-state index contributed by atoms with van der Waals surface area (Å²) < 4.78 is 1.52. The molecule has 10 heteroatoms. The fraction of sp³-hybridized carbons (Fsp3) is 0.0625. The van der Waals surface area contributed by atoms with Gasteiger partial charge in [-0.15, -0.1) is 5.10 Å². The van der Waals surface area contributed by atoms with Crippen molar-refractivity contribution in [2.75, 3.05) is 0 Å². The number of tetrazole rings is 1. The van der Waals surface area contributed by atoms with Crippen molar-refractivity contribution >= 4 is 46.4 Å². The molecule has 0 saturated heterocycles. The van der Waals surface area contributed by atoms with Crippen LogP contribution in [0.4, 0.5) is 0 Å². The Kier molecular flexibility index (Phi) is 5.51. The first-order chi connectivity index (χ1) is 12.5. The SMILES string of the molecule is C/C(=N\NC(=O)c1c(Cl)cc(Cl)cc1Cl)c1cccc(-n2cnnn2)c1. The van der Waals surface area contributed by atoms with Gasteiger partial charge in [-0.25, -0.2) is 10.1 Å². The lowest BCUT2D eigenvalue weighted by atomic mass is 10.1. The number of hydrogen-bond acceptors (Lipinski definition) is 5. The molecule has 0 spiro atoms. The van der Waals surface area contributed by atoms with Gasteiger partial charge in [-0.1, -0.05) is 46.9 Å². The number of carbonyl (C=O) groups excluding carboxylic acids is 1. The predicted octanol–water partition coefficient (Wildman–Crippen LogP) is 3.78. The van der Waals surface area contributed by atoms with Crippen molar-refractivity contribution in [3.8, 4) is 5.69 Å². The Balaban J connectivity index is 1.81. The first-order valence-electron chi connectivity index (χ1n) is 7.28. The fourth-order valence-corrected chi connectivity index (χ4v) is 3.16. The minimum Gasteiger partial charge on any atom is -0.267 e. The topological polar surface area (TPSA) is 85.1 Å². The van der Waals surface area contributed by atoms with Crippen LogP contribution in [0.1, 0.15) is 22.8 Å². The molecule has 1 aromatic heterocycles. The van der Waals surface area contributed by atoms with E-state index in [4.69, 9.17) is 34.8 Å². The second-order valence-corrected chi connectivity index (χ2v) is 6.44. The normalized spacial score (nSPS) is 11.5. The molecule has 0 atom stereocenters. The lowest BCUT2D eigenvalue weighted by Gasteiger charge is -2.08. The van der Waals surface area contributed by atoms with Gasteiger partial charge in [-0.2, -0.15) is 5.10 Å². The van der Waals surface area contributed by atoms with Gasteiger partial charge in [-0.05, 0) is 47.2 Å². The van der Waals surface area contributed by atoms with Crippen LogP contribution in [0.3, 0.4) is 0 Å². The molecule has 2 aromatic carbocycles. The fourth-order valence-electron chi connectivity index (χ4n) is 2.17. The van der Waals surface area contributed by atoms with Crippen LogP contribution in [0, 0.1) is 0 Å². The highest BCUT2D eigenvalue weighted by molar-refractivity contribution is 6.42. The van der Waals surface area contributed by atoms with E-state index < -0.39 is 5.91 Å². The molecule has 0 unspecified atom stereocenters. The highest BCUT2D eigenvalue weighted by Crippen LogP contribution is 2.28. The zero-order chi connectivity index (χ0) is 18.7. The molecule has 7 nitrogen and oxygen atoms in total. The average Bonchev–Trinajstić information content (AvgIpc) is 3.13. The lowest BCUT2D eigenvalue weighted by molar-refractivity contribution is 0.0955. The molecule has 0 fully saturated rings. The molecule has 0 saturated carbocycles. The predicted molar refractivity (Wildman–Crippen MR) is 100 cm³/mol. The minimum atomic E-state index is -0.535. The van der Waals surface area contributed by atoms with Crippen molar-refractivity contribution in [3.05, 3.63) is 68.9 Å². The van der Waals surface area contributed by atoms with E-state index in [0.29, 0.717) is 10.7 Å². The Morgan fingerprint density at radius 3 is 2.54 bits per heavy atom. The molecular weight excluding hydrogens is 399 g/mol. The maximum atomic E-state index is 12.3. The highest BCUT2D eigenvalue weighted by atomic mass is 35.5. The standard InChI is InChI=1S/C16H11Cl3N6O/c1-9(10-3-2-4-12(5-10)25-8-20-23-24-25)21-22-16(26)15-13(18)6-11(17)7-14(15)19/h2-8H,1H3,(H,22,26)/b21-9+. The number of amides is 1. The Labute approximate surface area is 163 Å². The van der Waals surface area contributed by atoms with Gasteiger partial charge < -0.3 is 0 Å². The van der Waals surface area contributed by atoms with Gasteiger partial charge in [0.15, 0.2) is 0 Å². The summed E-state index contributed by atoms with van der Waals surface area (Å²) in [7, 11) is 0. The van der Waals surface area contributed by atoms with E-state index in [1.165, 1.54) is 23.1 Å². The van der Waals surface area contributed by atoms with E-state index in [0.717, 1.165) is 11.3 Å². The third kappa shape index (κ3) is 4.01. The van der Waals surface area contributed by atoms with Crippen LogP contribution in [0.5, 0.6) is 0 Å². The van der Waals surface area contributed by atoms with E-state index in [1.807, 2.05) is 24.3 Å². The summed E-state index contributed by atoms with van der Waals surface area (Å²) in [5, 5.41) is 15.8. The van der Waals surface area contributed by atoms with Gasteiger partial charge in [0.1, 0.15) is 6.33 Å². The van der Waals surface area contributed by atoms with Gasteiger partial charge >= 0.3 is 0 Å². The number of hydrazone groups is 1. The molecule has 3 rings (SSSR count). The van der Waals surface area contributed by atoms with Crippen molar-refractivity contribution in [2.24, 2.45) is 5.10 Å². The molecule has 3 aromatic rings. The summed E-state index contributed by atoms with van der Waals surface area (Å²) in [5.74, 6) is -0.535. The summed E-state index contributed by atoms with van der Waals surface area (Å²) in [4.78, 5) is 12.3. The van der Waals surface area contributed by atoms with Crippen molar-refractivity contribution in [1.29, 1.82) is 0 Å². The van der Waals surface area contributed by atoms with Crippen LogP contribution in [-0.4, -0.2) is 31.8 Å². The number of nitrogens with zero attached hydrogens (tertiary/aromatic N) is 5. The van der Waals surface area contributed by atoms with Crippen LogP contribution in [0.15, 0.2) is 47.8 Å². The molecule has 132 valence electrons. The number of halogens is 3. The molecular formula is C16H11Cl3N6O. The minimum absolute atomic E-state index is 0.108. The first-order valence-corrected chi connectivity index (χ1v) is 8.42. The van der Waals surface area contributed by atoms with Crippen LogP contribution in [-0.2, 0) is 0 Å². The number of nitrogens with one attached hydrogen (secondary N) is 1. The summed E-state index contributed by atoms with van der Waals surface area (Å²) in [6.45, 7) is 1.75. The Morgan fingerprint density at radius 1 is 1.15 bits per heavy atom. The van der Waals surface area contributed by atoms with E-state index in [2.05, 4.69) is 26.1 Å². The maximum absolute atomic E-state index is 12.3. The molecule has 0 bridgehead atoms. The average molecular weight is 410 g/mol. The molecule has 0 aliphatic heterocycles. The van der Waals surface area contributed by atoms with Crippen molar-refractivity contribution in [1.82, 2.24) is 25.6 Å². The van der Waals surface area contributed by atoms with Gasteiger partial charge in [0.2, 0.25) is 0 Å². The number of carbonyl (C=O) groups is 1. The summed E-state index contributed by atoms with van der Waals surface area (Å²) >= 11 is 17.9.